The van der Waals surface area contributed by atoms with Crippen LogP contribution in [0.4, 0.5) is 5.95 Å². The number of hydrogen-bond acceptors (Lipinski definition) is 2. The molecule has 3 rings (SSSR count). The molecule has 20 heavy (non-hydrogen) atoms. The quantitative estimate of drug-likeness (QED) is 0.857. The summed E-state index contributed by atoms with van der Waals surface area (Å²) in [7, 11) is 0. The van der Waals surface area contributed by atoms with Crippen LogP contribution in [0.5, 0.6) is 0 Å². The summed E-state index contributed by atoms with van der Waals surface area (Å²) >= 11 is 0. The van der Waals surface area contributed by atoms with Gasteiger partial charge in [-0.15, -0.1) is 6.58 Å². The molecule has 104 valence electrons. The highest BCUT2D eigenvalue weighted by Crippen LogP contribution is 2.28. The number of nitrogens with zero attached hydrogens (tertiary/aromatic N) is 2. The van der Waals surface area contributed by atoms with Gasteiger partial charge in [0.25, 0.3) is 0 Å². The number of nitrogens with one attached hydrogen (secondary N) is 1. The van der Waals surface area contributed by atoms with Gasteiger partial charge in [0, 0.05) is 12.7 Å². The minimum absolute atomic E-state index is 0.728. The van der Waals surface area contributed by atoms with E-state index in [9.17, 15) is 0 Å². The normalized spacial score (nSPS) is 13.8. The van der Waals surface area contributed by atoms with E-state index in [1.54, 1.807) is 0 Å². The van der Waals surface area contributed by atoms with Crippen molar-refractivity contribution in [2.45, 2.75) is 32.6 Å². The van der Waals surface area contributed by atoms with Gasteiger partial charge >= 0.3 is 0 Å². The van der Waals surface area contributed by atoms with E-state index >= 15 is 0 Å². The monoisotopic (exact) mass is 267 g/mol. The largest absolute Gasteiger partial charge is 0.352 e. The van der Waals surface area contributed by atoms with Crippen molar-refractivity contribution in [1.82, 2.24) is 9.55 Å². The molecule has 0 saturated carbocycles. The first-order chi connectivity index (χ1) is 9.79. The van der Waals surface area contributed by atoms with Gasteiger partial charge in [0.15, 0.2) is 0 Å². The molecule has 0 radical (unpaired) electrons. The summed E-state index contributed by atoms with van der Waals surface area (Å²) in [4.78, 5) is 4.58. The molecule has 0 saturated heterocycles. The van der Waals surface area contributed by atoms with E-state index < -0.39 is 0 Å². The molecule has 0 unspecified atom stereocenters. The molecule has 1 aromatic carbocycles. The van der Waals surface area contributed by atoms with E-state index in [0.29, 0.717) is 0 Å². The molecular weight excluding hydrogens is 246 g/mol. The third-order valence-corrected chi connectivity index (χ3v) is 3.86. The van der Waals surface area contributed by atoms with E-state index in [4.69, 9.17) is 0 Å². The summed E-state index contributed by atoms with van der Waals surface area (Å²) in [6, 6.07) is 6.62. The van der Waals surface area contributed by atoms with Crippen LogP contribution in [0.25, 0.3) is 5.69 Å². The third kappa shape index (κ3) is 2.36. The molecule has 1 aliphatic rings. The van der Waals surface area contributed by atoms with Crippen LogP contribution in [-0.4, -0.2) is 16.1 Å². The van der Waals surface area contributed by atoms with Gasteiger partial charge in [-0.05, 0) is 49.8 Å². The molecule has 1 heterocycles. The zero-order valence-electron chi connectivity index (χ0n) is 12.0. The number of aryl methyl sites for hydroxylation is 2. The molecule has 0 amide bonds. The van der Waals surface area contributed by atoms with Gasteiger partial charge < -0.3 is 5.32 Å². The van der Waals surface area contributed by atoms with Crippen LogP contribution in [0.3, 0.4) is 0 Å². The second-order valence-corrected chi connectivity index (χ2v) is 5.37. The molecule has 1 aromatic heterocycles. The van der Waals surface area contributed by atoms with Crippen molar-refractivity contribution < 1.29 is 0 Å². The smallest absolute Gasteiger partial charge is 0.207 e. The Balaban J connectivity index is 2.06. The molecule has 0 spiro atoms. The van der Waals surface area contributed by atoms with E-state index in [1.807, 2.05) is 13.0 Å². The fourth-order valence-corrected chi connectivity index (χ4v) is 2.96. The van der Waals surface area contributed by atoms with E-state index in [-0.39, 0.29) is 0 Å². The first-order valence-corrected chi connectivity index (χ1v) is 7.31. The summed E-state index contributed by atoms with van der Waals surface area (Å²) in [6.07, 6.45) is 8.93. The molecule has 0 bridgehead atoms. The van der Waals surface area contributed by atoms with E-state index in [1.165, 1.54) is 42.5 Å². The fraction of sp³-hybridized carbons (Fsp3) is 0.353. The minimum Gasteiger partial charge on any atom is -0.352 e. The van der Waals surface area contributed by atoms with Crippen molar-refractivity contribution in [3.8, 4) is 5.69 Å². The van der Waals surface area contributed by atoms with Crippen molar-refractivity contribution in [2.75, 3.05) is 11.9 Å². The lowest BCUT2D eigenvalue weighted by atomic mass is 9.90. The topological polar surface area (TPSA) is 29.9 Å². The molecule has 3 heteroatoms. The van der Waals surface area contributed by atoms with Gasteiger partial charge in [0.05, 0.1) is 11.4 Å². The van der Waals surface area contributed by atoms with Crippen LogP contribution in [0.15, 0.2) is 37.1 Å². The summed E-state index contributed by atoms with van der Waals surface area (Å²) in [6.45, 7) is 6.52. The first-order valence-electron chi connectivity index (χ1n) is 7.31. The number of aromatic nitrogens is 2. The summed E-state index contributed by atoms with van der Waals surface area (Å²) in [5.74, 6) is 0.904. The number of anilines is 1. The van der Waals surface area contributed by atoms with Gasteiger partial charge in [-0.1, -0.05) is 18.2 Å². The van der Waals surface area contributed by atoms with Crippen molar-refractivity contribution in [2.24, 2.45) is 0 Å². The number of fused-ring (bicyclic) bond motifs is 1. The van der Waals surface area contributed by atoms with Crippen molar-refractivity contribution >= 4 is 5.95 Å². The maximum absolute atomic E-state index is 4.58. The van der Waals surface area contributed by atoms with Gasteiger partial charge in [-0.25, -0.2) is 4.98 Å². The highest BCUT2D eigenvalue weighted by molar-refractivity contribution is 5.52. The van der Waals surface area contributed by atoms with Gasteiger partial charge in [-0.3, -0.25) is 4.57 Å². The molecule has 1 N–H and O–H groups in total. The van der Waals surface area contributed by atoms with Crippen molar-refractivity contribution in [3.05, 3.63) is 53.9 Å². The lowest BCUT2D eigenvalue weighted by Gasteiger charge is -2.20. The summed E-state index contributed by atoms with van der Waals surface area (Å²) in [5.41, 5.74) is 5.28. The number of imidazole rings is 1. The van der Waals surface area contributed by atoms with Gasteiger partial charge in [-0.2, -0.15) is 0 Å². The molecule has 3 nitrogen and oxygen atoms in total. The van der Waals surface area contributed by atoms with Crippen LogP contribution in [0.2, 0.25) is 0 Å². The van der Waals surface area contributed by atoms with Crippen LogP contribution >= 0.6 is 0 Å². The lowest BCUT2D eigenvalue weighted by Crippen LogP contribution is -2.11. The summed E-state index contributed by atoms with van der Waals surface area (Å²) < 4.78 is 2.18. The molecular formula is C17H21N3. The Morgan fingerprint density at radius 2 is 2.20 bits per heavy atom. The standard InChI is InChI=1S/C17H21N3/c1-3-11-18-17-19-13(2)12-20(17)16-10-6-8-14-7-4-5-9-15(14)16/h3,6,8,10,12H,1,4-5,7,9,11H2,2H3,(H,18,19). The molecule has 0 atom stereocenters. The zero-order valence-corrected chi connectivity index (χ0v) is 12.0. The molecule has 0 fully saturated rings. The predicted molar refractivity (Wildman–Crippen MR) is 83.6 cm³/mol. The fourth-order valence-electron chi connectivity index (χ4n) is 2.96. The highest BCUT2D eigenvalue weighted by Gasteiger charge is 2.16. The maximum atomic E-state index is 4.58. The summed E-state index contributed by atoms with van der Waals surface area (Å²) in [5, 5.41) is 3.32. The van der Waals surface area contributed by atoms with Crippen molar-refractivity contribution in [3.63, 3.8) is 0 Å². The molecule has 0 aliphatic heterocycles. The van der Waals surface area contributed by atoms with Crippen LogP contribution in [0, 0.1) is 6.92 Å². The predicted octanol–water partition coefficient (Wildman–Crippen LogP) is 3.66. The van der Waals surface area contributed by atoms with Crippen LogP contribution < -0.4 is 5.32 Å². The Labute approximate surface area is 120 Å². The van der Waals surface area contributed by atoms with Crippen LogP contribution in [0.1, 0.15) is 29.7 Å². The Morgan fingerprint density at radius 3 is 3.05 bits per heavy atom. The SMILES string of the molecule is C=CCNc1nc(C)cn1-c1cccc2c1CCCC2. The van der Waals surface area contributed by atoms with E-state index in [0.717, 1.165) is 18.2 Å². The molecule has 1 aliphatic carbocycles. The maximum Gasteiger partial charge on any atom is 0.207 e. The van der Waals surface area contributed by atoms with Gasteiger partial charge in [0.1, 0.15) is 0 Å². The Morgan fingerprint density at radius 1 is 1.35 bits per heavy atom. The second-order valence-electron chi connectivity index (χ2n) is 5.37. The lowest BCUT2D eigenvalue weighted by molar-refractivity contribution is 0.681. The number of benzene rings is 1. The first kappa shape index (κ1) is 13.0. The Bertz CT molecular complexity index is 625. The minimum atomic E-state index is 0.728. The molecule has 2 aromatic rings. The third-order valence-electron chi connectivity index (χ3n) is 3.86. The highest BCUT2D eigenvalue weighted by atomic mass is 15.2. The Kier molecular flexibility index (Phi) is 3.59. The average Bonchev–Trinajstić information content (AvgIpc) is 2.85. The van der Waals surface area contributed by atoms with Crippen molar-refractivity contribution in [1.29, 1.82) is 0 Å². The number of rotatable bonds is 4. The number of hydrogen-bond donors (Lipinski definition) is 1. The van der Waals surface area contributed by atoms with E-state index in [2.05, 4.69) is 45.8 Å². The van der Waals surface area contributed by atoms with Gasteiger partial charge in [0.2, 0.25) is 5.95 Å². The average molecular weight is 267 g/mol. The zero-order chi connectivity index (χ0) is 13.9. The Hall–Kier alpha value is -2.03. The second kappa shape index (κ2) is 5.53. The van der Waals surface area contributed by atoms with Crippen LogP contribution in [-0.2, 0) is 12.8 Å².